The summed E-state index contributed by atoms with van der Waals surface area (Å²) in [5, 5.41) is 3.43. The lowest BCUT2D eigenvalue weighted by Gasteiger charge is -2.32. The van der Waals surface area contributed by atoms with Crippen molar-refractivity contribution in [1.82, 2.24) is 0 Å². The fraction of sp³-hybridized carbons (Fsp3) is 0.137. The van der Waals surface area contributed by atoms with E-state index in [-0.39, 0.29) is 6.04 Å². The molecule has 2 aliphatic rings. The summed E-state index contributed by atoms with van der Waals surface area (Å²) in [6.07, 6.45) is 18.2. The van der Waals surface area contributed by atoms with Crippen LogP contribution in [0.2, 0.25) is 0 Å². The highest BCUT2D eigenvalue weighted by Gasteiger charge is 2.23. The molecule has 266 valence electrons. The second kappa shape index (κ2) is 16.4. The van der Waals surface area contributed by atoms with Crippen molar-refractivity contribution < 1.29 is 0 Å². The summed E-state index contributed by atoms with van der Waals surface area (Å²) in [7, 11) is 0. The zero-order valence-electron chi connectivity index (χ0n) is 31.1. The Morgan fingerprint density at radius 1 is 0.648 bits per heavy atom. The number of allylic oxidation sites excluding steroid dienone is 8. The average molecular weight is 719 g/mol. The number of rotatable bonds is 12. The lowest BCUT2D eigenvalue weighted by atomic mass is 9.93. The van der Waals surface area contributed by atoms with Crippen molar-refractivity contribution in [3.05, 3.63) is 210 Å². The van der Waals surface area contributed by atoms with Gasteiger partial charge in [-0.25, -0.2) is 0 Å². The molecule has 0 amide bonds. The Kier molecular flexibility index (Phi) is 10.7. The minimum atomic E-state index is 0.242. The maximum absolute atomic E-state index is 2.50. The van der Waals surface area contributed by atoms with E-state index < -0.39 is 0 Å². The second-order valence-corrected chi connectivity index (χ2v) is 15.0. The third kappa shape index (κ3) is 7.74. The number of hydrogen-bond acceptors (Lipinski definition) is 3. The van der Waals surface area contributed by atoms with Crippen LogP contribution in [0.3, 0.4) is 0 Å². The predicted molar refractivity (Wildman–Crippen MR) is 234 cm³/mol. The van der Waals surface area contributed by atoms with E-state index in [2.05, 4.69) is 211 Å². The quantitative estimate of drug-likeness (QED) is 0.124. The van der Waals surface area contributed by atoms with Gasteiger partial charge in [-0.1, -0.05) is 147 Å². The van der Waals surface area contributed by atoms with Gasteiger partial charge in [0.15, 0.2) is 0 Å². The third-order valence-electron chi connectivity index (χ3n) is 10.4. The lowest BCUT2D eigenvalue weighted by molar-refractivity contribution is 0.785. The van der Waals surface area contributed by atoms with E-state index in [0.29, 0.717) is 0 Å². The Hall–Kier alpha value is -5.90. The normalized spacial score (nSPS) is 15.4. The standard InChI is InChI=1S/C51H46N2S/c1-3-4-14-38(2)52(49-21-11-19-43(36-49)39-15-7-5-8-16-39)47-30-26-41(27-31-47)45-24-25-46(35-45)42-28-32-48(33-29-42)53(51-23-13-34-54-51)50-22-12-20-44(37-50)40-17-9-6-10-18-40/h5-32,34,36-37,48H,3-4,33,35H2,1-2H3/b38-14+. The van der Waals surface area contributed by atoms with Gasteiger partial charge in [0.1, 0.15) is 0 Å². The molecule has 1 atom stereocenters. The van der Waals surface area contributed by atoms with Gasteiger partial charge < -0.3 is 9.80 Å². The van der Waals surface area contributed by atoms with Gasteiger partial charge in [-0.05, 0) is 125 Å². The van der Waals surface area contributed by atoms with E-state index in [9.17, 15) is 0 Å². The third-order valence-corrected chi connectivity index (χ3v) is 11.3. The molecule has 8 rings (SSSR count). The van der Waals surface area contributed by atoms with Crippen molar-refractivity contribution in [1.29, 1.82) is 0 Å². The molecule has 5 aromatic carbocycles. The molecule has 0 radical (unpaired) electrons. The molecule has 0 spiro atoms. The van der Waals surface area contributed by atoms with Crippen LogP contribution in [-0.4, -0.2) is 6.04 Å². The second-order valence-electron chi connectivity index (χ2n) is 14.1. The van der Waals surface area contributed by atoms with Crippen molar-refractivity contribution in [3.8, 4) is 22.3 Å². The van der Waals surface area contributed by atoms with Crippen LogP contribution in [0, 0.1) is 0 Å². The number of thiophene rings is 1. The molecule has 0 saturated heterocycles. The first kappa shape index (κ1) is 35.1. The van der Waals surface area contributed by atoms with Gasteiger partial charge in [-0.15, -0.1) is 11.3 Å². The molecule has 54 heavy (non-hydrogen) atoms. The number of unbranched alkanes of at least 4 members (excludes halogenated alkanes) is 1. The largest absolute Gasteiger partial charge is 0.326 e. The summed E-state index contributed by atoms with van der Waals surface area (Å²) in [4.78, 5) is 4.89. The van der Waals surface area contributed by atoms with Crippen LogP contribution in [0.5, 0.6) is 0 Å². The topological polar surface area (TPSA) is 6.48 Å². The van der Waals surface area contributed by atoms with Crippen LogP contribution in [0.4, 0.5) is 22.1 Å². The van der Waals surface area contributed by atoms with Crippen LogP contribution >= 0.6 is 11.3 Å². The molecule has 0 bridgehead atoms. The number of nitrogens with zero attached hydrogens (tertiary/aromatic N) is 2. The lowest BCUT2D eigenvalue weighted by Crippen LogP contribution is -2.29. The van der Waals surface area contributed by atoms with Crippen LogP contribution in [0.15, 0.2) is 204 Å². The summed E-state index contributed by atoms with van der Waals surface area (Å²) in [6.45, 7) is 4.46. The summed E-state index contributed by atoms with van der Waals surface area (Å²) in [5.41, 5.74) is 15.1. The zero-order chi connectivity index (χ0) is 36.7. The van der Waals surface area contributed by atoms with E-state index in [1.807, 2.05) is 0 Å². The van der Waals surface area contributed by atoms with Gasteiger partial charge in [0, 0.05) is 22.8 Å². The van der Waals surface area contributed by atoms with E-state index in [1.54, 1.807) is 11.3 Å². The minimum Gasteiger partial charge on any atom is -0.326 e. The molecule has 0 aliphatic heterocycles. The Labute approximate surface area is 325 Å². The smallest absolute Gasteiger partial charge is 0.0958 e. The fourth-order valence-electron chi connectivity index (χ4n) is 7.60. The molecule has 0 fully saturated rings. The van der Waals surface area contributed by atoms with Gasteiger partial charge in [0.25, 0.3) is 0 Å². The SMILES string of the molecule is CCC/C=C(\C)N(c1ccc(C2=CC=C(C3=CCC(N(c4cccc(-c5ccccc5)c4)c4cccs4)C=C3)C2)cc1)c1cccc(-c2ccccc2)c1. The molecule has 2 aliphatic carbocycles. The van der Waals surface area contributed by atoms with Gasteiger partial charge in [-0.3, -0.25) is 0 Å². The maximum atomic E-state index is 2.50. The van der Waals surface area contributed by atoms with Gasteiger partial charge in [0.05, 0.1) is 11.0 Å². The summed E-state index contributed by atoms with van der Waals surface area (Å²) in [5.74, 6) is 0. The molecule has 2 nitrogen and oxygen atoms in total. The first-order valence-corrected chi connectivity index (χ1v) is 20.0. The first-order chi connectivity index (χ1) is 26.6. The molecule has 1 unspecified atom stereocenters. The maximum Gasteiger partial charge on any atom is 0.0958 e. The minimum absolute atomic E-state index is 0.242. The zero-order valence-corrected chi connectivity index (χ0v) is 31.9. The Morgan fingerprint density at radius 2 is 1.30 bits per heavy atom. The van der Waals surface area contributed by atoms with Crippen LogP contribution in [0.25, 0.3) is 27.8 Å². The van der Waals surface area contributed by atoms with Crippen LogP contribution < -0.4 is 9.80 Å². The molecule has 1 aromatic heterocycles. The highest BCUT2D eigenvalue weighted by atomic mass is 32.1. The summed E-state index contributed by atoms with van der Waals surface area (Å²) >= 11 is 1.80. The molecule has 0 saturated carbocycles. The predicted octanol–water partition coefficient (Wildman–Crippen LogP) is 14.7. The van der Waals surface area contributed by atoms with Gasteiger partial charge in [0.2, 0.25) is 0 Å². The van der Waals surface area contributed by atoms with Crippen molar-refractivity contribution in [3.63, 3.8) is 0 Å². The van der Waals surface area contributed by atoms with E-state index in [4.69, 9.17) is 0 Å². The van der Waals surface area contributed by atoms with E-state index >= 15 is 0 Å². The van der Waals surface area contributed by atoms with Crippen molar-refractivity contribution in [2.75, 3.05) is 9.80 Å². The Morgan fingerprint density at radius 3 is 1.93 bits per heavy atom. The van der Waals surface area contributed by atoms with E-state index in [1.165, 1.54) is 72.3 Å². The number of benzene rings is 5. The first-order valence-electron chi connectivity index (χ1n) is 19.1. The van der Waals surface area contributed by atoms with Crippen LogP contribution in [-0.2, 0) is 0 Å². The average Bonchev–Trinajstić information content (AvgIpc) is 3.96. The van der Waals surface area contributed by atoms with Gasteiger partial charge >= 0.3 is 0 Å². The fourth-order valence-corrected chi connectivity index (χ4v) is 8.40. The van der Waals surface area contributed by atoms with E-state index in [0.717, 1.165) is 25.7 Å². The Bertz CT molecular complexity index is 2340. The van der Waals surface area contributed by atoms with Crippen molar-refractivity contribution in [2.45, 2.75) is 45.6 Å². The highest BCUT2D eigenvalue weighted by molar-refractivity contribution is 7.14. The Balaban J connectivity index is 0.974. The van der Waals surface area contributed by atoms with Crippen molar-refractivity contribution in [2.24, 2.45) is 0 Å². The summed E-state index contributed by atoms with van der Waals surface area (Å²) < 4.78 is 0. The number of hydrogen-bond donors (Lipinski definition) is 0. The highest BCUT2D eigenvalue weighted by Crippen LogP contribution is 2.40. The molecule has 0 N–H and O–H groups in total. The molecular formula is C51H46N2S. The molecule has 3 heteroatoms. The van der Waals surface area contributed by atoms with Crippen molar-refractivity contribution >= 4 is 39.0 Å². The van der Waals surface area contributed by atoms with Gasteiger partial charge in [-0.2, -0.15) is 0 Å². The molecular weight excluding hydrogens is 673 g/mol. The summed E-state index contributed by atoms with van der Waals surface area (Å²) in [6, 6.07) is 52.9. The molecule has 1 heterocycles. The van der Waals surface area contributed by atoms with Crippen LogP contribution in [0.1, 0.15) is 45.1 Å². The molecule has 6 aromatic rings. The monoisotopic (exact) mass is 718 g/mol. The number of anilines is 4.